The number of carbonyl (C=O) groups excluding carboxylic acids is 3. The van der Waals surface area contributed by atoms with Crippen molar-refractivity contribution in [2.24, 2.45) is 11.7 Å². The van der Waals surface area contributed by atoms with Gasteiger partial charge in [0.15, 0.2) is 5.69 Å². The van der Waals surface area contributed by atoms with Gasteiger partial charge in [-0.3, -0.25) is 19.1 Å². The van der Waals surface area contributed by atoms with Crippen LogP contribution in [0.3, 0.4) is 0 Å². The van der Waals surface area contributed by atoms with Crippen LogP contribution >= 0.6 is 11.6 Å². The van der Waals surface area contributed by atoms with Gasteiger partial charge in [-0.05, 0) is 55.0 Å². The molecular weight excluding hydrogens is 508 g/mol. The maximum Gasteiger partial charge on any atom is 0.269 e. The monoisotopic (exact) mass is 530 g/mol. The molecule has 3 aromatic heterocycles. The normalized spacial score (nSPS) is 20.1. The Bertz CT molecular complexity index is 1570. The first-order valence-electron chi connectivity index (χ1n) is 12.2. The van der Waals surface area contributed by atoms with Crippen molar-refractivity contribution in [1.29, 1.82) is 0 Å². The Morgan fingerprint density at radius 2 is 1.89 bits per heavy atom. The van der Waals surface area contributed by atoms with Crippen LogP contribution in [-0.2, 0) is 16.1 Å². The average molecular weight is 531 g/mol. The van der Waals surface area contributed by atoms with Crippen molar-refractivity contribution in [3.63, 3.8) is 0 Å². The summed E-state index contributed by atoms with van der Waals surface area (Å²) in [4.78, 5) is 53.1. The van der Waals surface area contributed by atoms with Gasteiger partial charge >= 0.3 is 0 Å². The third-order valence-electron chi connectivity index (χ3n) is 7.27. The second kappa shape index (κ2) is 9.49. The van der Waals surface area contributed by atoms with E-state index in [-0.39, 0.29) is 41.2 Å². The van der Waals surface area contributed by atoms with Gasteiger partial charge in [0, 0.05) is 29.4 Å². The molecule has 0 spiro atoms. The Balaban J connectivity index is 1.31. The number of nitrogens with zero attached hydrogens (tertiary/aromatic N) is 6. The Morgan fingerprint density at radius 3 is 2.66 bits per heavy atom. The zero-order valence-electron chi connectivity index (χ0n) is 20.1. The molecule has 1 aliphatic heterocycles. The van der Waals surface area contributed by atoms with Crippen molar-refractivity contribution in [2.75, 3.05) is 5.32 Å². The van der Waals surface area contributed by atoms with Gasteiger partial charge in [-0.25, -0.2) is 15.0 Å². The van der Waals surface area contributed by atoms with Crippen molar-refractivity contribution in [3.05, 3.63) is 66.0 Å². The van der Waals surface area contributed by atoms with E-state index in [0.29, 0.717) is 16.7 Å². The smallest absolute Gasteiger partial charge is 0.269 e. The van der Waals surface area contributed by atoms with Gasteiger partial charge in [-0.1, -0.05) is 23.7 Å². The standard InChI is InChI=1S/C26H23ClN8O3/c27-20-2-1-3-21(31-20)32-26(38)24-15-4-6-17(8-15)35(24)22(36)12-34-19-9-14(16-10-29-13-30-11-16)5-7-18(19)23(33-34)25(28)37/h1-3,5,7,9-11,13,15,17,24H,4,6,8,12H2,(H2,28,37)(H,31,32,38)/t15-,17+,24-/m0/s1. The maximum atomic E-state index is 13.7. The van der Waals surface area contributed by atoms with Gasteiger partial charge in [0.2, 0.25) is 11.8 Å². The zero-order valence-corrected chi connectivity index (χ0v) is 20.9. The van der Waals surface area contributed by atoms with Crippen molar-refractivity contribution in [3.8, 4) is 11.1 Å². The van der Waals surface area contributed by atoms with Crippen molar-refractivity contribution < 1.29 is 14.4 Å². The number of rotatable bonds is 6. The number of likely N-dealkylation sites (tertiary alicyclic amines) is 1. The number of halogens is 1. The van der Waals surface area contributed by atoms with Crippen LogP contribution in [0.1, 0.15) is 29.8 Å². The fourth-order valence-corrected chi connectivity index (χ4v) is 5.84. The number of hydrogen-bond acceptors (Lipinski definition) is 7. The molecular formula is C26H23ClN8O3. The largest absolute Gasteiger partial charge is 0.364 e. The van der Waals surface area contributed by atoms with Crippen molar-refractivity contribution in [2.45, 2.75) is 37.9 Å². The van der Waals surface area contributed by atoms with Crippen LogP contribution in [0, 0.1) is 5.92 Å². The number of nitrogens with two attached hydrogens (primary N) is 1. The molecule has 4 heterocycles. The molecule has 3 N–H and O–H groups in total. The molecule has 0 unspecified atom stereocenters. The summed E-state index contributed by atoms with van der Waals surface area (Å²) in [7, 11) is 0. The number of pyridine rings is 1. The summed E-state index contributed by atoms with van der Waals surface area (Å²) in [5.41, 5.74) is 7.82. The van der Waals surface area contributed by atoms with Crippen LogP contribution in [0.2, 0.25) is 5.15 Å². The topological polar surface area (TPSA) is 149 Å². The lowest BCUT2D eigenvalue weighted by Crippen LogP contribution is -2.52. The molecule has 4 aromatic rings. The first kappa shape index (κ1) is 24.0. The minimum atomic E-state index is -0.691. The van der Waals surface area contributed by atoms with Crippen LogP contribution in [0.15, 0.2) is 55.1 Å². The highest BCUT2D eigenvalue weighted by molar-refractivity contribution is 6.29. The predicted molar refractivity (Wildman–Crippen MR) is 139 cm³/mol. The van der Waals surface area contributed by atoms with E-state index in [2.05, 4.69) is 25.4 Å². The van der Waals surface area contributed by atoms with E-state index in [1.165, 1.54) is 11.0 Å². The summed E-state index contributed by atoms with van der Waals surface area (Å²) in [5.74, 6) is -0.855. The first-order chi connectivity index (χ1) is 18.4. The minimum absolute atomic E-state index is 0.0370. The SMILES string of the molecule is NC(=O)c1nn(CC(=O)N2[C@@H]3CC[C@@H](C3)[C@H]2C(=O)Nc2cccc(Cl)n2)c2cc(-c3cncnc3)ccc12. The molecule has 11 nitrogen and oxygen atoms in total. The molecule has 1 aromatic carbocycles. The van der Waals surface area contributed by atoms with E-state index >= 15 is 0 Å². The summed E-state index contributed by atoms with van der Waals surface area (Å²) in [6.07, 6.45) is 7.25. The number of aromatic nitrogens is 5. The minimum Gasteiger partial charge on any atom is -0.364 e. The fourth-order valence-electron chi connectivity index (χ4n) is 5.68. The van der Waals surface area contributed by atoms with Crippen LogP contribution < -0.4 is 11.1 Å². The number of piperidine rings is 1. The molecule has 0 radical (unpaired) electrons. The van der Waals surface area contributed by atoms with Gasteiger partial charge in [0.05, 0.1) is 5.52 Å². The lowest BCUT2D eigenvalue weighted by Gasteiger charge is -2.34. The average Bonchev–Trinajstić information content (AvgIpc) is 3.62. The quantitative estimate of drug-likeness (QED) is 0.364. The molecule has 2 aliphatic rings. The van der Waals surface area contributed by atoms with E-state index in [4.69, 9.17) is 17.3 Å². The highest BCUT2D eigenvalue weighted by Gasteiger charge is 2.51. The van der Waals surface area contributed by atoms with Crippen LogP contribution in [-0.4, -0.2) is 59.4 Å². The molecule has 3 atom stereocenters. The Morgan fingerprint density at radius 1 is 1.08 bits per heavy atom. The lowest BCUT2D eigenvalue weighted by atomic mass is 9.97. The third kappa shape index (κ3) is 4.24. The highest BCUT2D eigenvalue weighted by Crippen LogP contribution is 2.43. The number of amides is 3. The van der Waals surface area contributed by atoms with Gasteiger partial charge in [0.1, 0.15) is 29.9 Å². The summed E-state index contributed by atoms with van der Waals surface area (Å²) in [6, 6.07) is 9.70. The summed E-state index contributed by atoms with van der Waals surface area (Å²) in [6.45, 7) is -0.152. The Labute approximate surface area is 222 Å². The maximum absolute atomic E-state index is 13.7. The fraction of sp³-hybridized carbons (Fsp3) is 0.269. The van der Waals surface area contributed by atoms with E-state index in [1.54, 1.807) is 41.6 Å². The third-order valence-corrected chi connectivity index (χ3v) is 7.48. The summed E-state index contributed by atoms with van der Waals surface area (Å²) < 4.78 is 1.48. The van der Waals surface area contributed by atoms with E-state index < -0.39 is 11.9 Å². The molecule has 6 rings (SSSR count). The van der Waals surface area contributed by atoms with Gasteiger partial charge in [-0.2, -0.15) is 5.10 Å². The number of fused-ring (bicyclic) bond motifs is 3. The van der Waals surface area contributed by atoms with Crippen LogP contribution in [0.25, 0.3) is 22.0 Å². The van der Waals surface area contributed by atoms with Crippen LogP contribution in [0.5, 0.6) is 0 Å². The first-order valence-corrected chi connectivity index (χ1v) is 12.6. The Kier molecular flexibility index (Phi) is 5.99. The second-order valence-electron chi connectivity index (χ2n) is 9.54. The number of hydrogen-bond donors (Lipinski definition) is 2. The van der Waals surface area contributed by atoms with Gasteiger partial charge in [0.25, 0.3) is 5.91 Å². The molecule has 1 saturated carbocycles. The molecule has 3 amide bonds. The van der Waals surface area contributed by atoms with Gasteiger partial charge in [-0.15, -0.1) is 0 Å². The number of nitrogens with one attached hydrogen (secondary N) is 1. The number of anilines is 1. The van der Waals surface area contributed by atoms with Crippen molar-refractivity contribution >= 4 is 46.0 Å². The summed E-state index contributed by atoms with van der Waals surface area (Å²) >= 11 is 5.97. The van der Waals surface area contributed by atoms with Gasteiger partial charge < -0.3 is 16.0 Å². The second-order valence-corrected chi connectivity index (χ2v) is 9.92. The highest BCUT2D eigenvalue weighted by atomic mass is 35.5. The molecule has 192 valence electrons. The molecule has 2 fully saturated rings. The van der Waals surface area contributed by atoms with E-state index in [9.17, 15) is 14.4 Å². The van der Waals surface area contributed by atoms with Crippen LogP contribution in [0.4, 0.5) is 5.82 Å². The van der Waals surface area contributed by atoms with E-state index in [0.717, 1.165) is 30.4 Å². The number of benzene rings is 1. The lowest BCUT2D eigenvalue weighted by molar-refractivity contribution is -0.141. The summed E-state index contributed by atoms with van der Waals surface area (Å²) in [5, 5.41) is 7.99. The number of primary amides is 1. The number of carbonyl (C=O) groups is 3. The molecule has 1 saturated heterocycles. The van der Waals surface area contributed by atoms with E-state index in [1.807, 2.05) is 12.1 Å². The Hall–Kier alpha value is -4.38. The van der Waals surface area contributed by atoms with Crippen molar-refractivity contribution in [1.82, 2.24) is 29.6 Å². The zero-order chi connectivity index (χ0) is 26.4. The molecule has 1 aliphatic carbocycles. The molecule has 2 bridgehead atoms. The molecule has 12 heteroatoms. The molecule has 38 heavy (non-hydrogen) atoms. The predicted octanol–water partition coefficient (Wildman–Crippen LogP) is 2.66.